The van der Waals surface area contributed by atoms with Gasteiger partial charge in [0.25, 0.3) is 0 Å². The smallest absolute Gasteiger partial charge is 0.383 e. The van der Waals surface area contributed by atoms with Crippen LogP contribution in [-0.4, -0.2) is 42.7 Å². The molecule has 0 aliphatic carbocycles. The van der Waals surface area contributed by atoms with Gasteiger partial charge in [-0.15, -0.1) is 0 Å². The third-order valence-corrected chi connectivity index (χ3v) is 2.43. The number of carbonyl (C=O) groups excluding carboxylic acids is 1. The largest absolute Gasteiger partial charge is 0.451 e. The van der Waals surface area contributed by atoms with Gasteiger partial charge in [0.05, 0.1) is 6.61 Å². The number of ether oxygens (including phenoxy) is 1. The zero-order valence-electron chi connectivity index (χ0n) is 11.1. The van der Waals surface area contributed by atoms with Crippen LogP contribution in [0.25, 0.3) is 0 Å². The lowest BCUT2D eigenvalue weighted by Gasteiger charge is -2.09. The molecule has 21 heavy (non-hydrogen) atoms. The molecule has 1 heterocycles. The molecule has 6 nitrogen and oxygen atoms in total. The standard InChI is InChI=1S/C11H14ClF3N4O2/c1-21-5-4-17-9(20)2-3-16-8-6-7(12)18-10(19-8)11(13,14)15/h6H,2-5H2,1H3,(H,17,20)(H,16,18,19). The SMILES string of the molecule is COCCNC(=O)CCNc1cc(Cl)nc(C(F)(F)F)n1. The minimum atomic E-state index is -4.68. The number of methoxy groups -OCH3 is 1. The van der Waals surface area contributed by atoms with E-state index in [0.29, 0.717) is 13.2 Å². The highest BCUT2D eigenvalue weighted by atomic mass is 35.5. The third kappa shape index (κ3) is 6.58. The van der Waals surface area contributed by atoms with Crippen LogP contribution < -0.4 is 10.6 Å². The average molecular weight is 327 g/mol. The Balaban J connectivity index is 2.49. The summed E-state index contributed by atoms with van der Waals surface area (Å²) in [4.78, 5) is 17.7. The van der Waals surface area contributed by atoms with Gasteiger partial charge in [0.1, 0.15) is 11.0 Å². The molecule has 2 N–H and O–H groups in total. The molecule has 1 rings (SSSR count). The molecule has 10 heteroatoms. The molecule has 0 saturated carbocycles. The number of carbonyl (C=O) groups is 1. The highest BCUT2D eigenvalue weighted by Crippen LogP contribution is 2.28. The summed E-state index contributed by atoms with van der Waals surface area (Å²) in [5, 5.41) is 4.84. The summed E-state index contributed by atoms with van der Waals surface area (Å²) >= 11 is 5.50. The van der Waals surface area contributed by atoms with Gasteiger partial charge in [0, 0.05) is 32.7 Å². The van der Waals surface area contributed by atoms with Gasteiger partial charge in [0.15, 0.2) is 0 Å². The number of nitrogens with zero attached hydrogens (tertiary/aromatic N) is 2. The Labute approximate surface area is 124 Å². The quantitative estimate of drug-likeness (QED) is 0.589. The average Bonchev–Trinajstić information content (AvgIpc) is 2.37. The van der Waals surface area contributed by atoms with Crippen molar-refractivity contribution in [1.29, 1.82) is 0 Å². The second kappa shape index (κ2) is 7.99. The molecule has 0 atom stereocenters. The van der Waals surface area contributed by atoms with E-state index in [9.17, 15) is 18.0 Å². The Hall–Kier alpha value is -1.61. The summed E-state index contributed by atoms with van der Waals surface area (Å²) in [5.74, 6) is -1.68. The van der Waals surface area contributed by atoms with Crippen LogP contribution >= 0.6 is 11.6 Å². The van der Waals surface area contributed by atoms with Crippen molar-refractivity contribution in [3.8, 4) is 0 Å². The zero-order chi connectivity index (χ0) is 15.9. The van der Waals surface area contributed by atoms with Gasteiger partial charge in [-0.25, -0.2) is 9.97 Å². The molecule has 0 unspecified atom stereocenters. The first kappa shape index (κ1) is 17.4. The van der Waals surface area contributed by atoms with Crippen molar-refractivity contribution in [2.75, 3.05) is 32.1 Å². The van der Waals surface area contributed by atoms with Crippen molar-refractivity contribution >= 4 is 23.3 Å². The molecule has 0 aliphatic heterocycles. The van der Waals surface area contributed by atoms with Gasteiger partial charge < -0.3 is 15.4 Å². The fourth-order valence-corrected chi connectivity index (χ4v) is 1.50. The normalized spacial score (nSPS) is 11.3. The molecule has 0 radical (unpaired) electrons. The lowest BCUT2D eigenvalue weighted by Crippen LogP contribution is -2.28. The number of anilines is 1. The van der Waals surface area contributed by atoms with Crippen molar-refractivity contribution in [3.63, 3.8) is 0 Å². The van der Waals surface area contributed by atoms with E-state index in [2.05, 4.69) is 20.6 Å². The van der Waals surface area contributed by atoms with Crippen LogP contribution in [0.3, 0.4) is 0 Å². The van der Waals surface area contributed by atoms with Crippen molar-refractivity contribution in [1.82, 2.24) is 15.3 Å². The summed E-state index contributed by atoms with van der Waals surface area (Å²) in [6.07, 6.45) is -4.61. The van der Waals surface area contributed by atoms with Crippen LogP contribution in [0.15, 0.2) is 6.07 Å². The Kier molecular flexibility index (Phi) is 6.63. The number of alkyl halides is 3. The maximum absolute atomic E-state index is 12.5. The first-order valence-electron chi connectivity index (χ1n) is 5.94. The zero-order valence-corrected chi connectivity index (χ0v) is 11.9. The summed E-state index contributed by atoms with van der Waals surface area (Å²) in [6, 6.07) is 1.15. The minimum Gasteiger partial charge on any atom is -0.383 e. The summed E-state index contributed by atoms with van der Waals surface area (Å²) in [7, 11) is 1.50. The molecule has 0 aliphatic rings. The first-order valence-corrected chi connectivity index (χ1v) is 6.32. The number of halogens is 4. The molecule has 0 aromatic carbocycles. The fourth-order valence-electron chi connectivity index (χ4n) is 1.32. The summed E-state index contributed by atoms with van der Waals surface area (Å²) in [6.45, 7) is 0.867. The molecule has 0 bridgehead atoms. The van der Waals surface area contributed by atoms with Crippen LogP contribution in [0.5, 0.6) is 0 Å². The maximum atomic E-state index is 12.5. The van der Waals surface area contributed by atoms with Crippen LogP contribution in [0.1, 0.15) is 12.2 Å². The highest BCUT2D eigenvalue weighted by molar-refractivity contribution is 6.29. The fraction of sp³-hybridized carbons (Fsp3) is 0.545. The Bertz CT molecular complexity index is 485. The van der Waals surface area contributed by atoms with E-state index >= 15 is 0 Å². The Morgan fingerprint density at radius 2 is 2.10 bits per heavy atom. The van der Waals surface area contributed by atoms with E-state index in [0.717, 1.165) is 6.07 Å². The molecule has 1 aromatic heterocycles. The van der Waals surface area contributed by atoms with Gasteiger partial charge in [-0.3, -0.25) is 4.79 Å². The van der Waals surface area contributed by atoms with Gasteiger partial charge >= 0.3 is 6.18 Å². The van der Waals surface area contributed by atoms with E-state index in [1.807, 2.05) is 0 Å². The van der Waals surface area contributed by atoms with Crippen LogP contribution in [-0.2, 0) is 15.7 Å². The molecule has 0 saturated heterocycles. The van der Waals surface area contributed by atoms with Crippen molar-refractivity contribution in [2.24, 2.45) is 0 Å². The van der Waals surface area contributed by atoms with E-state index in [4.69, 9.17) is 16.3 Å². The van der Waals surface area contributed by atoms with Gasteiger partial charge in [-0.1, -0.05) is 11.6 Å². The van der Waals surface area contributed by atoms with E-state index in [1.54, 1.807) is 0 Å². The number of amides is 1. The molecular formula is C11H14ClF3N4O2. The number of nitrogens with one attached hydrogen (secondary N) is 2. The van der Waals surface area contributed by atoms with Crippen molar-refractivity contribution in [2.45, 2.75) is 12.6 Å². The molecule has 0 spiro atoms. The molecule has 118 valence electrons. The number of rotatable bonds is 7. The van der Waals surface area contributed by atoms with Crippen molar-refractivity contribution in [3.05, 3.63) is 17.0 Å². The van der Waals surface area contributed by atoms with E-state index in [-0.39, 0.29) is 29.8 Å². The maximum Gasteiger partial charge on any atom is 0.451 e. The lowest BCUT2D eigenvalue weighted by molar-refractivity contribution is -0.144. The van der Waals surface area contributed by atoms with Gasteiger partial charge in [-0.05, 0) is 0 Å². The van der Waals surface area contributed by atoms with Crippen LogP contribution in [0.4, 0.5) is 19.0 Å². The Morgan fingerprint density at radius 1 is 1.38 bits per heavy atom. The Morgan fingerprint density at radius 3 is 2.71 bits per heavy atom. The van der Waals surface area contributed by atoms with Crippen LogP contribution in [0.2, 0.25) is 5.15 Å². The number of aromatic nitrogens is 2. The topological polar surface area (TPSA) is 76.1 Å². The number of hydrogen-bond acceptors (Lipinski definition) is 5. The van der Waals surface area contributed by atoms with E-state index in [1.165, 1.54) is 7.11 Å². The molecule has 0 fully saturated rings. The third-order valence-electron chi connectivity index (χ3n) is 2.23. The summed E-state index contributed by atoms with van der Waals surface area (Å²) in [5.41, 5.74) is 0. The second-order valence-corrected chi connectivity index (χ2v) is 4.30. The minimum absolute atomic E-state index is 0.0761. The number of hydrogen-bond donors (Lipinski definition) is 2. The predicted octanol–water partition coefficient (Wildman–Crippen LogP) is 1.71. The summed E-state index contributed by atoms with van der Waals surface area (Å²) < 4.78 is 42.2. The van der Waals surface area contributed by atoms with Crippen LogP contribution in [0, 0.1) is 0 Å². The lowest BCUT2D eigenvalue weighted by atomic mass is 10.4. The molecular weight excluding hydrogens is 313 g/mol. The van der Waals surface area contributed by atoms with Gasteiger partial charge in [-0.2, -0.15) is 13.2 Å². The highest BCUT2D eigenvalue weighted by Gasteiger charge is 2.35. The van der Waals surface area contributed by atoms with Gasteiger partial charge in [0.2, 0.25) is 11.7 Å². The predicted molar refractivity (Wildman–Crippen MR) is 70.0 cm³/mol. The first-order chi connectivity index (χ1) is 9.82. The van der Waals surface area contributed by atoms with Crippen molar-refractivity contribution < 1.29 is 22.7 Å². The molecule has 1 aromatic rings. The van der Waals surface area contributed by atoms with E-state index < -0.39 is 12.0 Å². The monoisotopic (exact) mass is 326 g/mol. The molecule has 1 amide bonds. The second-order valence-electron chi connectivity index (χ2n) is 3.92.